The molecule has 1 aliphatic carbocycles. The highest BCUT2D eigenvalue weighted by atomic mass is 16.2. The number of nitrogens with zero attached hydrogens (tertiary/aromatic N) is 2. The number of aryl methyl sites for hydroxylation is 1. The van der Waals surface area contributed by atoms with Crippen LogP contribution < -0.4 is 10.6 Å². The molecule has 0 bridgehead atoms. The normalized spacial score (nSPS) is 15.8. The second kappa shape index (κ2) is 7.24. The summed E-state index contributed by atoms with van der Waals surface area (Å²) >= 11 is 0. The van der Waals surface area contributed by atoms with Crippen LogP contribution >= 0.6 is 0 Å². The zero-order chi connectivity index (χ0) is 17.1. The fourth-order valence-corrected chi connectivity index (χ4v) is 3.56. The summed E-state index contributed by atoms with van der Waals surface area (Å²) in [4.78, 5) is 16.8. The highest BCUT2D eigenvalue weighted by Gasteiger charge is 2.15. The van der Waals surface area contributed by atoms with Crippen molar-refractivity contribution < 1.29 is 4.79 Å². The molecule has 3 rings (SSSR count). The minimum atomic E-state index is -0.0640. The summed E-state index contributed by atoms with van der Waals surface area (Å²) in [7, 11) is 2.06. The molecular formula is C19H28N4O. The molecule has 5 heteroatoms. The Balaban J connectivity index is 1.61. The lowest BCUT2D eigenvalue weighted by Crippen LogP contribution is -2.42. The van der Waals surface area contributed by atoms with E-state index in [0.717, 1.165) is 35.3 Å². The first-order valence-electron chi connectivity index (χ1n) is 9.04. The van der Waals surface area contributed by atoms with Crippen LogP contribution in [-0.2, 0) is 13.6 Å². The summed E-state index contributed by atoms with van der Waals surface area (Å²) in [5.74, 6) is 1.48. The Hall–Kier alpha value is -2.04. The second-order valence-corrected chi connectivity index (χ2v) is 7.17. The minimum absolute atomic E-state index is 0.0640. The third kappa shape index (κ3) is 3.71. The van der Waals surface area contributed by atoms with Crippen LogP contribution in [0.4, 0.5) is 4.79 Å². The fraction of sp³-hybridized carbons (Fsp3) is 0.579. The number of rotatable bonds is 4. The monoisotopic (exact) mass is 328 g/mol. The Bertz CT molecular complexity index is 713. The van der Waals surface area contributed by atoms with Gasteiger partial charge in [-0.3, -0.25) is 0 Å². The maximum Gasteiger partial charge on any atom is 0.315 e. The van der Waals surface area contributed by atoms with Crippen molar-refractivity contribution in [3.63, 3.8) is 0 Å². The molecule has 0 spiro atoms. The molecule has 0 saturated heterocycles. The van der Waals surface area contributed by atoms with Gasteiger partial charge in [-0.1, -0.05) is 39.2 Å². The number of carbonyl (C=O) groups is 1. The van der Waals surface area contributed by atoms with Crippen molar-refractivity contribution in [2.75, 3.05) is 0 Å². The van der Waals surface area contributed by atoms with E-state index in [9.17, 15) is 4.79 Å². The lowest BCUT2D eigenvalue weighted by Gasteiger charge is -2.22. The topological polar surface area (TPSA) is 59.0 Å². The standard InChI is InChI=1S/C19H28N4O/c1-13(2)18-22-16-11-14(9-10-17(16)23(18)3)12-20-19(24)21-15-7-5-4-6-8-15/h9-11,13,15H,4-8,12H2,1-3H3,(H2,20,21,24). The highest BCUT2D eigenvalue weighted by molar-refractivity contribution is 5.77. The van der Waals surface area contributed by atoms with E-state index in [-0.39, 0.29) is 6.03 Å². The van der Waals surface area contributed by atoms with Gasteiger partial charge in [0.15, 0.2) is 0 Å². The Morgan fingerprint density at radius 1 is 1.29 bits per heavy atom. The van der Waals surface area contributed by atoms with Crippen molar-refractivity contribution in [1.82, 2.24) is 20.2 Å². The van der Waals surface area contributed by atoms with E-state index in [1.807, 2.05) is 0 Å². The number of benzene rings is 1. The van der Waals surface area contributed by atoms with Gasteiger partial charge in [0.25, 0.3) is 0 Å². The number of imidazole rings is 1. The van der Waals surface area contributed by atoms with Crippen molar-refractivity contribution in [3.8, 4) is 0 Å². The molecule has 0 unspecified atom stereocenters. The van der Waals surface area contributed by atoms with Crippen molar-refractivity contribution in [2.24, 2.45) is 7.05 Å². The largest absolute Gasteiger partial charge is 0.335 e. The summed E-state index contributed by atoms with van der Waals surface area (Å²) in [6.45, 7) is 4.83. The van der Waals surface area contributed by atoms with Crippen LogP contribution in [0.15, 0.2) is 18.2 Å². The van der Waals surface area contributed by atoms with Crippen LogP contribution in [0.1, 0.15) is 63.3 Å². The lowest BCUT2D eigenvalue weighted by atomic mass is 9.96. The third-order valence-electron chi connectivity index (χ3n) is 4.89. The zero-order valence-electron chi connectivity index (χ0n) is 14.9. The zero-order valence-corrected chi connectivity index (χ0v) is 14.9. The number of carbonyl (C=O) groups excluding carboxylic acids is 1. The Labute approximate surface area is 143 Å². The molecule has 2 aromatic rings. The Morgan fingerprint density at radius 2 is 2.04 bits per heavy atom. The van der Waals surface area contributed by atoms with Crippen LogP contribution in [0.2, 0.25) is 0 Å². The smallest absolute Gasteiger partial charge is 0.315 e. The molecule has 0 atom stereocenters. The number of aromatic nitrogens is 2. The molecule has 5 nitrogen and oxygen atoms in total. The molecule has 1 heterocycles. The predicted octanol–water partition coefficient (Wildman–Crippen LogP) is 3.83. The number of hydrogen-bond donors (Lipinski definition) is 2. The molecule has 2 N–H and O–H groups in total. The van der Waals surface area contributed by atoms with Gasteiger partial charge < -0.3 is 15.2 Å². The molecular weight excluding hydrogens is 300 g/mol. The number of hydrogen-bond acceptors (Lipinski definition) is 2. The molecule has 130 valence electrons. The number of fused-ring (bicyclic) bond motifs is 1. The average Bonchev–Trinajstić information content (AvgIpc) is 2.90. The van der Waals surface area contributed by atoms with Gasteiger partial charge in [-0.05, 0) is 30.5 Å². The van der Waals surface area contributed by atoms with Gasteiger partial charge in [-0.15, -0.1) is 0 Å². The summed E-state index contributed by atoms with van der Waals surface area (Å²) < 4.78 is 2.15. The van der Waals surface area contributed by atoms with E-state index in [1.54, 1.807) is 0 Å². The fourth-order valence-electron chi connectivity index (χ4n) is 3.56. The van der Waals surface area contributed by atoms with Gasteiger partial charge in [0.05, 0.1) is 11.0 Å². The molecule has 1 aromatic heterocycles. The van der Waals surface area contributed by atoms with Crippen LogP contribution in [0.25, 0.3) is 11.0 Å². The van der Waals surface area contributed by atoms with Gasteiger partial charge in [0.1, 0.15) is 5.82 Å². The van der Waals surface area contributed by atoms with Gasteiger partial charge in [0, 0.05) is 25.6 Å². The summed E-state index contributed by atoms with van der Waals surface area (Å²) in [5, 5.41) is 6.06. The first kappa shape index (κ1) is 16.8. The van der Waals surface area contributed by atoms with Gasteiger partial charge in [-0.2, -0.15) is 0 Å². The van der Waals surface area contributed by atoms with Crippen LogP contribution in [-0.4, -0.2) is 21.6 Å². The molecule has 0 aliphatic heterocycles. The molecule has 1 saturated carbocycles. The lowest BCUT2D eigenvalue weighted by molar-refractivity contribution is 0.232. The average molecular weight is 328 g/mol. The van der Waals surface area contributed by atoms with Gasteiger partial charge in [-0.25, -0.2) is 9.78 Å². The van der Waals surface area contributed by atoms with E-state index in [1.165, 1.54) is 19.3 Å². The van der Waals surface area contributed by atoms with Crippen LogP contribution in [0.3, 0.4) is 0 Å². The summed E-state index contributed by atoms with van der Waals surface area (Å²) in [5.41, 5.74) is 3.21. The Morgan fingerprint density at radius 3 is 2.75 bits per heavy atom. The molecule has 1 aliphatic rings. The van der Waals surface area contributed by atoms with E-state index >= 15 is 0 Å². The molecule has 0 radical (unpaired) electrons. The van der Waals surface area contributed by atoms with E-state index in [0.29, 0.717) is 18.5 Å². The van der Waals surface area contributed by atoms with Crippen LogP contribution in [0.5, 0.6) is 0 Å². The molecule has 24 heavy (non-hydrogen) atoms. The maximum absolute atomic E-state index is 12.1. The number of urea groups is 1. The van der Waals surface area contributed by atoms with Crippen molar-refractivity contribution in [3.05, 3.63) is 29.6 Å². The van der Waals surface area contributed by atoms with E-state index in [2.05, 4.69) is 54.3 Å². The molecule has 1 aromatic carbocycles. The minimum Gasteiger partial charge on any atom is -0.335 e. The van der Waals surface area contributed by atoms with E-state index in [4.69, 9.17) is 4.98 Å². The van der Waals surface area contributed by atoms with Crippen molar-refractivity contribution in [2.45, 2.75) is 64.5 Å². The van der Waals surface area contributed by atoms with Crippen molar-refractivity contribution in [1.29, 1.82) is 0 Å². The molecule has 1 fully saturated rings. The van der Waals surface area contributed by atoms with Gasteiger partial charge in [0.2, 0.25) is 0 Å². The summed E-state index contributed by atoms with van der Waals surface area (Å²) in [6.07, 6.45) is 5.94. The van der Waals surface area contributed by atoms with Crippen molar-refractivity contribution >= 4 is 17.1 Å². The first-order valence-corrected chi connectivity index (χ1v) is 9.04. The third-order valence-corrected chi connectivity index (χ3v) is 4.89. The number of nitrogens with one attached hydrogen (secondary N) is 2. The van der Waals surface area contributed by atoms with Crippen LogP contribution in [0, 0.1) is 0 Å². The second-order valence-electron chi connectivity index (χ2n) is 7.17. The highest BCUT2D eigenvalue weighted by Crippen LogP contribution is 2.21. The SMILES string of the molecule is CC(C)c1nc2cc(CNC(=O)NC3CCCCC3)ccc2n1C. The first-order chi connectivity index (χ1) is 11.5. The predicted molar refractivity (Wildman–Crippen MR) is 97.0 cm³/mol. The number of amides is 2. The summed E-state index contributed by atoms with van der Waals surface area (Å²) in [6, 6.07) is 6.50. The maximum atomic E-state index is 12.1. The molecule has 2 amide bonds. The van der Waals surface area contributed by atoms with E-state index < -0.39 is 0 Å². The quantitative estimate of drug-likeness (QED) is 0.896. The van der Waals surface area contributed by atoms with Gasteiger partial charge >= 0.3 is 6.03 Å². The Kier molecular flexibility index (Phi) is 5.07.